The first kappa shape index (κ1) is 85.0. The maximum atomic E-state index is 15.1. The second-order valence-electron chi connectivity index (χ2n) is 29.0. The largest absolute Gasteiger partial charge is 0.481 e. The molecule has 0 saturated carbocycles. The molecule has 97 heavy (non-hydrogen) atoms. The van der Waals surface area contributed by atoms with Crippen molar-refractivity contribution >= 4 is 53.2 Å². The molecule has 19 nitrogen and oxygen atoms in total. The van der Waals surface area contributed by atoms with Gasteiger partial charge in [0.2, 0.25) is 35.4 Å². The Morgan fingerprint density at radius 3 is 1.46 bits per heavy atom. The van der Waals surface area contributed by atoms with Crippen LogP contribution in [0.15, 0.2) is 54.6 Å². The Morgan fingerprint density at radius 2 is 0.959 bits per heavy atom. The van der Waals surface area contributed by atoms with E-state index >= 15 is 4.79 Å². The zero-order chi connectivity index (χ0) is 71.3. The number of aliphatic hydroxyl groups excluding tert-OH is 1. The van der Waals surface area contributed by atoms with Gasteiger partial charge in [0.15, 0.2) is 5.78 Å². The lowest BCUT2D eigenvalue weighted by molar-refractivity contribution is -0.145. The summed E-state index contributed by atoms with van der Waals surface area (Å²) in [5.74, 6) is -5.73. The number of aliphatic carboxylic acids is 2. The molecule has 1 saturated heterocycles. The average molecular weight is 1360 g/mol. The monoisotopic (exact) mass is 1360 g/mol. The van der Waals surface area contributed by atoms with E-state index < -0.39 is 58.1 Å². The van der Waals surface area contributed by atoms with Gasteiger partial charge in [-0.3, -0.25) is 48.5 Å². The smallest absolute Gasteiger partial charge is 0.307 e. The molecule has 0 spiro atoms. The molecule has 548 valence electrons. The van der Waals surface area contributed by atoms with Crippen LogP contribution in [0.25, 0.3) is 0 Å². The van der Waals surface area contributed by atoms with Crippen molar-refractivity contribution in [3.8, 4) is 0 Å². The number of ketones is 1. The molecule has 0 aromatic heterocycles. The van der Waals surface area contributed by atoms with Crippen molar-refractivity contribution in [3.63, 3.8) is 0 Å². The highest BCUT2D eigenvalue weighted by molar-refractivity contribution is 6.09. The molecule has 0 radical (unpaired) electrons. The summed E-state index contributed by atoms with van der Waals surface area (Å²) in [6.45, 7) is 14.8. The summed E-state index contributed by atoms with van der Waals surface area (Å²) in [5, 5.41) is 48.6. The quantitative estimate of drug-likeness (QED) is 0.0169. The third-order valence-corrected chi connectivity index (χ3v) is 19.6. The number of aliphatic hydroxyl groups is 1. The number of rotatable bonds is 58. The molecule has 6 amide bonds. The number of carbonyl (C=O) groups excluding carboxylic acids is 7. The number of nitrogens with zero attached hydrogens (tertiary/aromatic N) is 1. The summed E-state index contributed by atoms with van der Waals surface area (Å²) in [4.78, 5) is 123. The van der Waals surface area contributed by atoms with Crippen LogP contribution < -0.4 is 31.9 Å². The van der Waals surface area contributed by atoms with Crippen molar-refractivity contribution in [2.75, 3.05) is 45.8 Å². The first-order valence-corrected chi connectivity index (χ1v) is 37.7. The third-order valence-electron chi connectivity index (χ3n) is 19.6. The number of likely N-dealkylation sites (tertiary alicyclic amines) is 1. The standard InChI is InChI=1S/C78H129N7O12/c1-8-11-13-15-17-19-21-23-25-27-29-32-41-63(56-68(88)89)71(92)81-52-53-84-75(97)78(7,58-76(4,5)73(95)82-50-38-49-80-70(91)62-46-44-61(45-47-62)69(90)60-39-34-31-35-40-60)59-77(6,57-65(10-3)85-54-36-43-67(85)87)74(96)83-51-37-48-79-66(86)55-64(72(93)94)42-33-30-28-26-24-22-20-18-16-14-12-9-2/h31,34-35,39-40,44-47,63-65,70,80,91H,8-30,32-33,36-38,41-43,48-59H2,1-7H3,(H,79,86)(H,81,92)(H,82,95)(H,83,96)(H,84,97)(H,88,89)(H,93,94). The van der Waals surface area contributed by atoms with Crippen molar-refractivity contribution in [3.05, 3.63) is 71.3 Å². The molecule has 1 heterocycles. The van der Waals surface area contributed by atoms with Crippen molar-refractivity contribution in [1.29, 1.82) is 0 Å². The minimum atomic E-state index is -1.43. The molecule has 1 aliphatic heterocycles. The van der Waals surface area contributed by atoms with Gasteiger partial charge in [0, 0.05) is 91.4 Å². The number of nitrogens with one attached hydrogen (secondary N) is 6. The van der Waals surface area contributed by atoms with E-state index in [0.717, 1.165) is 51.4 Å². The Bertz CT molecular complexity index is 2620. The number of carbonyl (C=O) groups is 9. The van der Waals surface area contributed by atoms with Gasteiger partial charge in [-0.05, 0) is 69.9 Å². The number of benzene rings is 2. The molecule has 9 N–H and O–H groups in total. The molecule has 3 rings (SSSR count). The first-order valence-electron chi connectivity index (χ1n) is 37.7. The predicted molar refractivity (Wildman–Crippen MR) is 385 cm³/mol. The summed E-state index contributed by atoms with van der Waals surface area (Å²) in [6.07, 6.45) is 29.5. The Morgan fingerprint density at radius 1 is 0.495 bits per heavy atom. The van der Waals surface area contributed by atoms with Crippen LogP contribution in [0.1, 0.15) is 307 Å². The van der Waals surface area contributed by atoms with E-state index in [1.165, 1.54) is 103 Å². The van der Waals surface area contributed by atoms with Crippen molar-refractivity contribution in [2.24, 2.45) is 28.1 Å². The van der Waals surface area contributed by atoms with Gasteiger partial charge in [0.05, 0.1) is 12.3 Å². The fourth-order valence-electron chi connectivity index (χ4n) is 14.0. The van der Waals surface area contributed by atoms with Crippen LogP contribution in [0, 0.1) is 28.1 Å². The topological polar surface area (TPSA) is 290 Å². The van der Waals surface area contributed by atoms with Crippen LogP contribution in [-0.2, 0) is 38.4 Å². The van der Waals surface area contributed by atoms with Gasteiger partial charge in [-0.25, -0.2) is 0 Å². The van der Waals surface area contributed by atoms with E-state index in [1.807, 2.05) is 17.9 Å². The molecule has 6 unspecified atom stereocenters. The van der Waals surface area contributed by atoms with Gasteiger partial charge in [-0.1, -0.05) is 257 Å². The summed E-state index contributed by atoms with van der Waals surface area (Å²) < 4.78 is 0. The van der Waals surface area contributed by atoms with Gasteiger partial charge < -0.3 is 46.8 Å². The van der Waals surface area contributed by atoms with Crippen LogP contribution in [0.4, 0.5) is 0 Å². The Labute approximate surface area is 582 Å². The van der Waals surface area contributed by atoms with E-state index in [9.17, 15) is 53.7 Å². The highest BCUT2D eigenvalue weighted by atomic mass is 16.4. The van der Waals surface area contributed by atoms with Gasteiger partial charge in [-0.2, -0.15) is 0 Å². The van der Waals surface area contributed by atoms with E-state index in [-0.39, 0.29) is 100 Å². The van der Waals surface area contributed by atoms with Crippen molar-refractivity contribution < 1.29 is 58.5 Å². The fraction of sp³-hybridized carbons (Fsp3) is 0.731. The van der Waals surface area contributed by atoms with Crippen molar-refractivity contribution in [1.82, 2.24) is 36.8 Å². The second kappa shape index (κ2) is 48.5. The predicted octanol–water partition coefficient (Wildman–Crippen LogP) is 13.8. The van der Waals surface area contributed by atoms with Crippen LogP contribution in [0.5, 0.6) is 0 Å². The maximum absolute atomic E-state index is 15.1. The Hall–Kier alpha value is -6.21. The third kappa shape index (κ3) is 34.4. The Balaban J connectivity index is 1.74. The first-order chi connectivity index (χ1) is 46.5. The Kier molecular flexibility index (Phi) is 42.5. The van der Waals surface area contributed by atoms with Gasteiger partial charge in [-0.15, -0.1) is 0 Å². The summed E-state index contributed by atoms with van der Waals surface area (Å²) in [6, 6.07) is 15.3. The molecule has 0 aliphatic carbocycles. The molecule has 19 heteroatoms. The van der Waals surface area contributed by atoms with Crippen LogP contribution in [0.2, 0.25) is 0 Å². The number of amides is 6. The van der Waals surface area contributed by atoms with E-state index in [2.05, 4.69) is 45.7 Å². The van der Waals surface area contributed by atoms with Gasteiger partial charge >= 0.3 is 11.9 Å². The minimum Gasteiger partial charge on any atom is -0.481 e. The number of carboxylic acids is 2. The number of hydrogen-bond acceptors (Lipinski definition) is 11. The van der Waals surface area contributed by atoms with E-state index in [4.69, 9.17) is 0 Å². The minimum absolute atomic E-state index is 0.000742. The molecule has 0 bridgehead atoms. The van der Waals surface area contributed by atoms with Gasteiger partial charge in [0.25, 0.3) is 0 Å². The van der Waals surface area contributed by atoms with Gasteiger partial charge in [0.1, 0.15) is 6.23 Å². The van der Waals surface area contributed by atoms with E-state index in [0.29, 0.717) is 74.7 Å². The van der Waals surface area contributed by atoms with E-state index in [1.54, 1.807) is 76.2 Å². The van der Waals surface area contributed by atoms with Crippen LogP contribution in [-0.4, -0.2) is 125 Å². The van der Waals surface area contributed by atoms with Crippen molar-refractivity contribution in [2.45, 2.75) is 292 Å². The lowest BCUT2D eigenvalue weighted by atomic mass is 9.63. The lowest BCUT2D eigenvalue weighted by Crippen LogP contribution is -2.53. The zero-order valence-corrected chi connectivity index (χ0v) is 60.9. The molecule has 2 aromatic rings. The highest BCUT2D eigenvalue weighted by Gasteiger charge is 2.50. The molecular weight excluding hydrogens is 1230 g/mol. The molecule has 1 aliphatic rings. The number of hydrogen-bond donors (Lipinski definition) is 9. The molecule has 1 fully saturated rings. The van der Waals surface area contributed by atoms with Crippen LogP contribution in [0.3, 0.4) is 0 Å². The summed E-state index contributed by atoms with van der Waals surface area (Å²) in [5.41, 5.74) is -2.34. The normalized spacial score (nSPS) is 14.9. The number of carboxylic acid groups (broad SMARTS) is 2. The molecular formula is C78H129N7O12. The summed E-state index contributed by atoms with van der Waals surface area (Å²) in [7, 11) is 0. The maximum Gasteiger partial charge on any atom is 0.307 e. The lowest BCUT2D eigenvalue weighted by Gasteiger charge is -2.43. The molecule has 2 aromatic carbocycles. The average Bonchev–Trinajstić information content (AvgIpc) is 1.51. The molecule has 6 atom stereocenters. The van der Waals surface area contributed by atoms with Crippen LogP contribution >= 0.6 is 0 Å². The summed E-state index contributed by atoms with van der Waals surface area (Å²) >= 11 is 0. The highest BCUT2D eigenvalue weighted by Crippen LogP contribution is 2.46. The second-order valence-corrected chi connectivity index (χ2v) is 29.0. The number of unbranched alkanes of at least 4 members (excludes halogenated alkanes) is 22. The zero-order valence-electron chi connectivity index (χ0n) is 60.9. The fourth-order valence-corrected chi connectivity index (χ4v) is 14.0. The SMILES string of the molecule is CCCCCCCCCCCCCCC(CC(=O)NCCCNC(=O)C(C)(CC(CC)N1CCCC1=O)CC(C)(CC(C)(C)C(=O)NCCCNC(O)c1ccc(C(=O)c2ccccc2)cc1)C(=O)NCCNC(=O)C(CCCCCCCCCCCCCC)CC(=O)O)C(=O)O.